The molecule has 0 aromatic heterocycles. The topological polar surface area (TPSA) is 40.5 Å². The predicted octanol–water partition coefficient (Wildman–Crippen LogP) is 2.82. The second-order valence-corrected chi connectivity index (χ2v) is 5.49. The molecule has 2 fully saturated rings. The molecule has 0 aromatic carbocycles. The summed E-state index contributed by atoms with van der Waals surface area (Å²) in [5, 5.41) is 7.98. The van der Waals surface area contributed by atoms with Gasteiger partial charge in [-0.3, -0.25) is 0 Å². The van der Waals surface area contributed by atoms with Gasteiger partial charge in [0.05, 0.1) is 0 Å². The van der Waals surface area contributed by atoms with Gasteiger partial charge in [-0.15, -0.1) is 0 Å². The van der Waals surface area contributed by atoms with Gasteiger partial charge >= 0.3 is 5.30 Å². The third-order valence-corrected chi connectivity index (χ3v) is 4.05. The Morgan fingerprint density at radius 2 is 1.71 bits per heavy atom. The molecule has 2 unspecified atom stereocenters. The fraction of sp³-hybridized carbons (Fsp3) is 0.900. The van der Waals surface area contributed by atoms with Crippen LogP contribution in [0.3, 0.4) is 0 Å². The Morgan fingerprint density at radius 3 is 2.21 bits per heavy atom. The van der Waals surface area contributed by atoms with Gasteiger partial charge in [-0.05, 0) is 37.5 Å². The minimum absolute atomic E-state index is 0.745. The first kappa shape index (κ1) is 10.3. The zero-order chi connectivity index (χ0) is 9.97. The van der Waals surface area contributed by atoms with E-state index in [9.17, 15) is 4.79 Å². The lowest BCUT2D eigenvalue weighted by atomic mass is 10.0. The summed E-state index contributed by atoms with van der Waals surface area (Å²) in [6.45, 7) is 1.96. The van der Waals surface area contributed by atoms with E-state index in [0.29, 0.717) is 0 Å². The van der Waals surface area contributed by atoms with Gasteiger partial charge in [-0.25, -0.2) is 9.10 Å². The average molecular weight is 215 g/mol. The van der Waals surface area contributed by atoms with Crippen LogP contribution in [0.5, 0.6) is 0 Å². The third-order valence-electron chi connectivity index (χ3n) is 3.34. The van der Waals surface area contributed by atoms with Crippen LogP contribution in [0, 0.1) is 11.8 Å². The number of rotatable bonds is 1. The van der Waals surface area contributed by atoms with Crippen LogP contribution in [0.4, 0.5) is 4.79 Å². The van der Waals surface area contributed by atoms with E-state index in [1.165, 1.54) is 32.1 Å². The molecule has 1 N–H and O–H groups in total. The highest BCUT2D eigenvalue weighted by atomic mass is 32.2. The Hall–Kier alpha value is -0.220. The van der Waals surface area contributed by atoms with E-state index >= 15 is 0 Å². The Balaban J connectivity index is 1.97. The van der Waals surface area contributed by atoms with Crippen molar-refractivity contribution in [1.82, 2.24) is 4.31 Å². The molecule has 1 saturated carbocycles. The average Bonchev–Trinajstić information content (AvgIpc) is 2.35. The van der Waals surface area contributed by atoms with Gasteiger partial charge in [0, 0.05) is 25.0 Å². The number of carboxylic acid groups (broad SMARTS) is 1. The largest absolute Gasteiger partial charge is 0.472 e. The van der Waals surface area contributed by atoms with E-state index < -0.39 is 5.30 Å². The van der Waals surface area contributed by atoms with Gasteiger partial charge in [0.25, 0.3) is 0 Å². The molecule has 80 valence electrons. The summed E-state index contributed by atoms with van der Waals surface area (Å²) in [4.78, 5) is 10.6. The van der Waals surface area contributed by atoms with Crippen LogP contribution in [0.2, 0.25) is 0 Å². The van der Waals surface area contributed by atoms with Gasteiger partial charge in [-0.2, -0.15) is 0 Å². The normalized spacial score (nSPS) is 33.7. The lowest BCUT2D eigenvalue weighted by Crippen LogP contribution is -2.28. The molecule has 3 nitrogen and oxygen atoms in total. The summed E-state index contributed by atoms with van der Waals surface area (Å²) in [6.07, 6.45) is 6.56. The van der Waals surface area contributed by atoms with Crippen LogP contribution < -0.4 is 0 Å². The lowest BCUT2D eigenvalue weighted by molar-refractivity contribution is 0.220. The smallest absolute Gasteiger partial charge is 0.380 e. The molecule has 1 heterocycles. The molecule has 1 saturated heterocycles. The summed E-state index contributed by atoms with van der Waals surface area (Å²) in [5.74, 6) is 1.49. The summed E-state index contributed by atoms with van der Waals surface area (Å²) < 4.78 is 2.06. The van der Waals surface area contributed by atoms with E-state index in [1.54, 1.807) is 0 Å². The molecule has 0 radical (unpaired) electrons. The van der Waals surface area contributed by atoms with Crippen molar-refractivity contribution < 1.29 is 9.90 Å². The molecule has 1 aliphatic carbocycles. The molecule has 2 bridgehead atoms. The van der Waals surface area contributed by atoms with E-state index in [2.05, 4.69) is 4.31 Å². The van der Waals surface area contributed by atoms with Crippen molar-refractivity contribution in [3.63, 3.8) is 0 Å². The fourth-order valence-electron chi connectivity index (χ4n) is 2.66. The molecular formula is C10H17NO2S. The number of fused-ring (bicyclic) bond motifs is 3. The molecule has 0 amide bonds. The van der Waals surface area contributed by atoms with Crippen LogP contribution in [0.15, 0.2) is 0 Å². The molecule has 0 spiro atoms. The van der Waals surface area contributed by atoms with Gasteiger partial charge < -0.3 is 5.11 Å². The summed E-state index contributed by atoms with van der Waals surface area (Å²) >= 11 is 0.995. The van der Waals surface area contributed by atoms with Crippen molar-refractivity contribution in [3.05, 3.63) is 0 Å². The summed E-state index contributed by atoms with van der Waals surface area (Å²) in [7, 11) is 0. The number of carbonyl (C=O) groups is 1. The molecule has 1 aliphatic heterocycles. The zero-order valence-electron chi connectivity index (χ0n) is 8.32. The molecular weight excluding hydrogens is 198 g/mol. The quantitative estimate of drug-likeness (QED) is 0.683. The van der Waals surface area contributed by atoms with Gasteiger partial charge in [0.2, 0.25) is 0 Å². The van der Waals surface area contributed by atoms with Crippen LogP contribution in [-0.2, 0) is 0 Å². The first-order chi connectivity index (χ1) is 6.74. The van der Waals surface area contributed by atoms with Crippen molar-refractivity contribution in [2.24, 2.45) is 11.8 Å². The molecule has 2 rings (SSSR count). The molecule has 0 aromatic rings. The van der Waals surface area contributed by atoms with Crippen LogP contribution in [-0.4, -0.2) is 27.8 Å². The molecule has 4 heteroatoms. The highest BCUT2D eigenvalue weighted by Gasteiger charge is 2.28. The van der Waals surface area contributed by atoms with E-state index in [4.69, 9.17) is 5.11 Å². The minimum Gasteiger partial charge on any atom is -0.472 e. The van der Waals surface area contributed by atoms with E-state index in [-0.39, 0.29) is 0 Å². The van der Waals surface area contributed by atoms with Crippen molar-refractivity contribution in [3.8, 4) is 0 Å². The van der Waals surface area contributed by atoms with Crippen molar-refractivity contribution in [1.29, 1.82) is 0 Å². The second-order valence-electron chi connectivity index (χ2n) is 4.44. The number of nitrogens with zero attached hydrogens (tertiary/aromatic N) is 1. The van der Waals surface area contributed by atoms with Crippen molar-refractivity contribution in [2.75, 3.05) is 13.1 Å². The van der Waals surface area contributed by atoms with Crippen LogP contribution >= 0.6 is 11.9 Å². The number of hydrogen-bond acceptors (Lipinski definition) is 3. The van der Waals surface area contributed by atoms with Crippen LogP contribution in [0.1, 0.15) is 32.1 Å². The monoisotopic (exact) mass is 215 g/mol. The molecule has 2 aliphatic rings. The highest BCUT2D eigenvalue weighted by molar-refractivity contribution is 8.11. The Morgan fingerprint density at radius 1 is 1.14 bits per heavy atom. The summed E-state index contributed by atoms with van der Waals surface area (Å²) in [6, 6.07) is 0. The van der Waals surface area contributed by atoms with Crippen molar-refractivity contribution >= 4 is 17.2 Å². The van der Waals surface area contributed by atoms with E-state index in [1.807, 2.05) is 0 Å². The molecule has 14 heavy (non-hydrogen) atoms. The van der Waals surface area contributed by atoms with E-state index in [0.717, 1.165) is 36.9 Å². The first-order valence-electron chi connectivity index (χ1n) is 5.40. The number of hydrogen-bond donors (Lipinski definition) is 1. The minimum atomic E-state index is -0.759. The first-order valence-corrected chi connectivity index (χ1v) is 6.17. The second kappa shape index (κ2) is 4.53. The zero-order valence-corrected chi connectivity index (χ0v) is 9.13. The third kappa shape index (κ3) is 2.64. The Labute approximate surface area is 89.0 Å². The Bertz CT molecular complexity index is 208. The standard InChI is InChI=1S/C10H17NO2S/c12-10(13)14-11-6-8-2-1-3-9(7-11)5-4-8/h8-9H,1-7H2,(H,12,13). The van der Waals surface area contributed by atoms with Crippen molar-refractivity contribution in [2.45, 2.75) is 32.1 Å². The predicted molar refractivity (Wildman–Crippen MR) is 57.3 cm³/mol. The van der Waals surface area contributed by atoms with Gasteiger partial charge in [0.15, 0.2) is 0 Å². The summed E-state index contributed by atoms with van der Waals surface area (Å²) in [5.41, 5.74) is 0. The van der Waals surface area contributed by atoms with Crippen LogP contribution in [0.25, 0.3) is 0 Å². The Kier molecular flexibility index (Phi) is 3.34. The maximum atomic E-state index is 10.6. The fourth-order valence-corrected chi connectivity index (χ4v) is 3.45. The maximum absolute atomic E-state index is 10.6. The maximum Gasteiger partial charge on any atom is 0.380 e. The molecule has 2 atom stereocenters. The highest BCUT2D eigenvalue weighted by Crippen LogP contribution is 2.34. The van der Waals surface area contributed by atoms with Gasteiger partial charge in [-0.1, -0.05) is 6.42 Å². The SMILES string of the molecule is O=C(O)SN1CC2CCCC(CC2)C1. The lowest BCUT2D eigenvalue weighted by Gasteiger charge is -2.25. The van der Waals surface area contributed by atoms with Gasteiger partial charge in [0.1, 0.15) is 0 Å².